The fraction of sp³-hybridized carbons (Fsp3) is 0.533. The smallest absolute Gasteiger partial charge is 0.191 e. The van der Waals surface area contributed by atoms with Crippen LogP contribution in [0.15, 0.2) is 23.2 Å². The number of hydrogen-bond donors (Lipinski definition) is 2. The van der Waals surface area contributed by atoms with Crippen LogP contribution in [0.2, 0.25) is 0 Å². The molecule has 0 aromatic heterocycles. The van der Waals surface area contributed by atoms with Gasteiger partial charge in [-0.1, -0.05) is 0 Å². The lowest BCUT2D eigenvalue weighted by Crippen LogP contribution is -2.38. The van der Waals surface area contributed by atoms with E-state index in [1.165, 1.54) is 0 Å². The summed E-state index contributed by atoms with van der Waals surface area (Å²) in [5.41, 5.74) is 1.00. The molecule has 0 bridgehead atoms. The molecule has 0 fully saturated rings. The maximum atomic E-state index is 5.37. The van der Waals surface area contributed by atoms with Gasteiger partial charge in [-0.15, -0.1) is 0 Å². The highest BCUT2D eigenvalue weighted by atomic mass is 16.5. The minimum atomic E-state index is 0.523. The summed E-state index contributed by atoms with van der Waals surface area (Å²) in [5.74, 6) is 2.29. The first-order chi connectivity index (χ1) is 10.2. The van der Waals surface area contributed by atoms with Gasteiger partial charge in [0.05, 0.1) is 27.4 Å². The maximum absolute atomic E-state index is 5.37. The van der Waals surface area contributed by atoms with Gasteiger partial charge in [-0.05, 0) is 19.1 Å². The van der Waals surface area contributed by atoms with Crippen molar-refractivity contribution < 1.29 is 14.2 Å². The average molecular weight is 295 g/mol. The van der Waals surface area contributed by atoms with Gasteiger partial charge >= 0.3 is 0 Å². The number of methoxy groups -OCH3 is 3. The molecule has 1 aromatic carbocycles. The Bertz CT molecular complexity index is 450. The maximum Gasteiger partial charge on any atom is 0.191 e. The monoisotopic (exact) mass is 295 g/mol. The quantitative estimate of drug-likeness (QED) is 0.431. The van der Waals surface area contributed by atoms with Gasteiger partial charge in [-0.2, -0.15) is 0 Å². The van der Waals surface area contributed by atoms with Gasteiger partial charge in [0.2, 0.25) is 0 Å². The number of hydrogen-bond acceptors (Lipinski definition) is 4. The number of nitrogens with zero attached hydrogens (tertiary/aromatic N) is 1. The van der Waals surface area contributed by atoms with Crippen LogP contribution in [-0.4, -0.2) is 47.0 Å². The van der Waals surface area contributed by atoms with Crippen LogP contribution in [0.25, 0.3) is 0 Å². The fourth-order valence-corrected chi connectivity index (χ4v) is 1.76. The highest BCUT2D eigenvalue weighted by Gasteiger charge is 2.05. The molecule has 0 saturated carbocycles. The third-order valence-electron chi connectivity index (χ3n) is 2.84. The van der Waals surface area contributed by atoms with Crippen LogP contribution < -0.4 is 20.1 Å². The van der Waals surface area contributed by atoms with E-state index in [9.17, 15) is 0 Å². The number of rotatable bonds is 8. The van der Waals surface area contributed by atoms with Gasteiger partial charge in [-0.25, -0.2) is 4.99 Å². The number of aliphatic imine (C=N–C) groups is 1. The summed E-state index contributed by atoms with van der Waals surface area (Å²) < 4.78 is 15.6. The highest BCUT2D eigenvalue weighted by molar-refractivity contribution is 5.79. The number of guanidine groups is 1. The van der Waals surface area contributed by atoms with Gasteiger partial charge in [0, 0.05) is 31.8 Å². The van der Waals surface area contributed by atoms with Crippen molar-refractivity contribution in [2.45, 2.75) is 13.5 Å². The molecule has 21 heavy (non-hydrogen) atoms. The second kappa shape index (κ2) is 9.88. The first-order valence-corrected chi connectivity index (χ1v) is 6.97. The first kappa shape index (κ1) is 17.1. The Kier molecular flexibility index (Phi) is 8.04. The predicted octanol–water partition coefficient (Wildman–Crippen LogP) is 1.41. The molecule has 0 aliphatic heterocycles. The van der Waals surface area contributed by atoms with Crippen LogP contribution in [-0.2, 0) is 11.3 Å². The summed E-state index contributed by atoms with van der Waals surface area (Å²) in [6.07, 6.45) is 0. The summed E-state index contributed by atoms with van der Waals surface area (Å²) in [4.78, 5) is 4.54. The van der Waals surface area contributed by atoms with Crippen molar-refractivity contribution in [1.29, 1.82) is 0 Å². The van der Waals surface area contributed by atoms with E-state index >= 15 is 0 Å². The standard InChI is InChI=1S/C15H25N3O3/c1-5-16-15(17-8-9-19-2)18-11-12-6-7-13(20-3)10-14(12)21-4/h6-7,10H,5,8-9,11H2,1-4H3,(H2,16,17,18). The molecule has 0 heterocycles. The third-order valence-corrected chi connectivity index (χ3v) is 2.84. The summed E-state index contributed by atoms with van der Waals surface area (Å²) in [5, 5.41) is 6.39. The average Bonchev–Trinajstić information content (AvgIpc) is 2.52. The normalized spacial score (nSPS) is 11.1. The van der Waals surface area contributed by atoms with E-state index < -0.39 is 0 Å². The van der Waals surface area contributed by atoms with E-state index in [4.69, 9.17) is 14.2 Å². The molecule has 6 heteroatoms. The van der Waals surface area contributed by atoms with Gasteiger partial charge in [-0.3, -0.25) is 0 Å². The lowest BCUT2D eigenvalue weighted by atomic mass is 10.2. The summed E-state index contributed by atoms with van der Waals surface area (Å²) in [7, 11) is 4.95. The largest absolute Gasteiger partial charge is 0.497 e. The Labute approximate surface area is 126 Å². The summed E-state index contributed by atoms with van der Waals surface area (Å²) in [6, 6.07) is 5.72. The Morgan fingerprint density at radius 3 is 2.57 bits per heavy atom. The van der Waals surface area contributed by atoms with Crippen LogP contribution in [0.4, 0.5) is 0 Å². The zero-order valence-corrected chi connectivity index (χ0v) is 13.2. The predicted molar refractivity (Wildman–Crippen MR) is 84.2 cm³/mol. The molecule has 0 saturated heterocycles. The molecule has 0 amide bonds. The van der Waals surface area contributed by atoms with Gasteiger partial charge < -0.3 is 24.8 Å². The number of nitrogens with one attached hydrogen (secondary N) is 2. The van der Waals surface area contributed by atoms with Crippen LogP contribution >= 0.6 is 0 Å². The Morgan fingerprint density at radius 1 is 1.14 bits per heavy atom. The van der Waals surface area contributed by atoms with E-state index in [1.54, 1.807) is 21.3 Å². The van der Waals surface area contributed by atoms with Gasteiger partial charge in [0.25, 0.3) is 0 Å². The second-order valence-corrected chi connectivity index (χ2v) is 4.29. The van der Waals surface area contributed by atoms with Crippen molar-refractivity contribution in [1.82, 2.24) is 10.6 Å². The van der Waals surface area contributed by atoms with Crippen molar-refractivity contribution in [3.05, 3.63) is 23.8 Å². The second-order valence-electron chi connectivity index (χ2n) is 4.29. The highest BCUT2D eigenvalue weighted by Crippen LogP contribution is 2.24. The van der Waals surface area contributed by atoms with Gasteiger partial charge in [0.1, 0.15) is 11.5 Å². The topological polar surface area (TPSA) is 64.1 Å². The zero-order valence-electron chi connectivity index (χ0n) is 13.2. The molecule has 2 N–H and O–H groups in total. The van der Waals surface area contributed by atoms with Crippen molar-refractivity contribution in [2.75, 3.05) is 41.0 Å². The number of benzene rings is 1. The minimum Gasteiger partial charge on any atom is -0.497 e. The van der Waals surface area contributed by atoms with Crippen LogP contribution in [0.5, 0.6) is 11.5 Å². The zero-order chi connectivity index (χ0) is 15.5. The number of ether oxygens (including phenoxy) is 3. The molecule has 0 aliphatic carbocycles. The molecule has 0 radical (unpaired) electrons. The van der Waals surface area contributed by atoms with Gasteiger partial charge in [0.15, 0.2) is 5.96 Å². The molecule has 1 aromatic rings. The first-order valence-electron chi connectivity index (χ1n) is 6.97. The van der Waals surface area contributed by atoms with Crippen molar-refractivity contribution >= 4 is 5.96 Å². The Balaban J connectivity index is 2.74. The van der Waals surface area contributed by atoms with Crippen molar-refractivity contribution in [3.8, 4) is 11.5 Å². The van der Waals surface area contributed by atoms with E-state index in [1.807, 2.05) is 25.1 Å². The summed E-state index contributed by atoms with van der Waals surface area (Å²) >= 11 is 0. The van der Waals surface area contributed by atoms with Crippen molar-refractivity contribution in [3.63, 3.8) is 0 Å². The SMILES string of the molecule is CCNC(=NCc1ccc(OC)cc1OC)NCCOC. The molecule has 0 unspecified atom stereocenters. The molecular weight excluding hydrogens is 270 g/mol. The minimum absolute atomic E-state index is 0.523. The van der Waals surface area contributed by atoms with Crippen LogP contribution in [0.3, 0.4) is 0 Å². The molecule has 0 aliphatic rings. The van der Waals surface area contributed by atoms with Crippen molar-refractivity contribution in [2.24, 2.45) is 4.99 Å². The van der Waals surface area contributed by atoms with E-state index in [0.29, 0.717) is 19.7 Å². The Hall–Kier alpha value is -1.95. The fourth-order valence-electron chi connectivity index (χ4n) is 1.76. The molecule has 0 atom stereocenters. The van der Waals surface area contributed by atoms with E-state index in [0.717, 1.165) is 29.6 Å². The van der Waals surface area contributed by atoms with Crippen LogP contribution in [0.1, 0.15) is 12.5 Å². The molecule has 0 spiro atoms. The Morgan fingerprint density at radius 2 is 1.95 bits per heavy atom. The molecule has 6 nitrogen and oxygen atoms in total. The lowest BCUT2D eigenvalue weighted by molar-refractivity contribution is 0.203. The lowest BCUT2D eigenvalue weighted by Gasteiger charge is -2.12. The van der Waals surface area contributed by atoms with E-state index in [2.05, 4.69) is 15.6 Å². The molecule has 1 rings (SSSR count). The molecule has 118 valence electrons. The summed E-state index contributed by atoms with van der Waals surface area (Å²) in [6.45, 7) is 4.70. The molecular formula is C15H25N3O3. The van der Waals surface area contributed by atoms with E-state index in [-0.39, 0.29) is 0 Å². The third kappa shape index (κ3) is 5.91. The van der Waals surface area contributed by atoms with Crippen LogP contribution in [0, 0.1) is 0 Å².